The second-order valence-electron chi connectivity index (χ2n) is 25.4. The quantitative estimate of drug-likeness (QED) is 0.0205. The van der Waals surface area contributed by atoms with Gasteiger partial charge in [-0.2, -0.15) is 0 Å². The summed E-state index contributed by atoms with van der Waals surface area (Å²) in [5, 5.41) is 3.07. The van der Waals surface area contributed by atoms with Crippen molar-refractivity contribution in [1.82, 2.24) is 5.32 Å². The first-order valence-electron chi connectivity index (χ1n) is 36.2. The van der Waals surface area contributed by atoms with Gasteiger partial charge in [-0.15, -0.1) is 0 Å². The van der Waals surface area contributed by atoms with E-state index in [4.69, 9.17) is 13.8 Å². The molecule has 10 heteroatoms. The molecule has 2 N–H and O–H groups in total. The van der Waals surface area contributed by atoms with Gasteiger partial charge in [0.2, 0.25) is 5.91 Å². The summed E-state index contributed by atoms with van der Waals surface area (Å²) < 4.78 is 30.8. The minimum Gasteiger partial charge on any atom is -0.456 e. The summed E-state index contributed by atoms with van der Waals surface area (Å²) in [6.07, 6.45) is 91.0. The highest BCUT2D eigenvalue weighted by atomic mass is 31.2. The Bertz CT molecular complexity index is 1860. The molecule has 0 aromatic rings. The van der Waals surface area contributed by atoms with Crippen LogP contribution in [0, 0.1) is 0 Å². The number of nitrogens with zero attached hydrogens (tertiary/aromatic N) is 1. The number of allylic oxidation sites excluding steroid dienone is 17. The van der Waals surface area contributed by atoms with Crippen molar-refractivity contribution in [1.29, 1.82) is 0 Å². The normalized spacial score (nSPS) is 14.1. The number of carbonyl (C=O) groups is 2. The van der Waals surface area contributed by atoms with E-state index in [9.17, 15) is 19.0 Å². The molecule has 87 heavy (non-hydrogen) atoms. The predicted molar refractivity (Wildman–Crippen MR) is 378 cm³/mol. The molecule has 0 bridgehead atoms. The van der Waals surface area contributed by atoms with Crippen LogP contribution in [0.5, 0.6) is 0 Å². The molecule has 3 unspecified atom stereocenters. The Kier molecular flexibility index (Phi) is 63.1. The smallest absolute Gasteiger partial charge is 0.456 e. The number of likely N-dealkylation sites (N-methyl/N-ethyl adjacent to an activating group) is 1. The number of amides is 1. The lowest BCUT2D eigenvalue weighted by Crippen LogP contribution is -2.47. The van der Waals surface area contributed by atoms with E-state index in [1.165, 1.54) is 167 Å². The van der Waals surface area contributed by atoms with Crippen molar-refractivity contribution < 1.29 is 37.3 Å². The van der Waals surface area contributed by atoms with E-state index >= 15 is 0 Å². The molecule has 0 aliphatic carbocycles. The zero-order valence-electron chi connectivity index (χ0n) is 57.5. The van der Waals surface area contributed by atoms with Gasteiger partial charge in [0, 0.05) is 12.8 Å². The van der Waals surface area contributed by atoms with Gasteiger partial charge in [0.15, 0.2) is 0 Å². The fourth-order valence-electron chi connectivity index (χ4n) is 10.2. The minimum absolute atomic E-state index is 0.0340. The Balaban J connectivity index is 5.01. The second kappa shape index (κ2) is 65.6. The average Bonchev–Trinajstić information content (AvgIpc) is 3.70. The van der Waals surface area contributed by atoms with Crippen LogP contribution in [0.4, 0.5) is 0 Å². The van der Waals surface area contributed by atoms with E-state index in [-0.39, 0.29) is 31.5 Å². The van der Waals surface area contributed by atoms with Gasteiger partial charge in [-0.3, -0.25) is 18.6 Å². The average molecular weight is 1230 g/mol. The highest BCUT2D eigenvalue weighted by molar-refractivity contribution is 7.47. The third-order valence-electron chi connectivity index (χ3n) is 15.7. The van der Waals surface area contributed by atoms with Crippen LogP contribution < -0.4 is 5.32 Å². The first kappa shape index (κ1) is 83.7. The molecule has 0 rings (SSSR count). The highest BCUT2D eigenvalue weighted by Gasteiger charge is 2.30. The van der Waals surface area contributed by atoms with Crippen LogP contribution in [0.3, 0.4) is 0 Å². The molecule has 0 aliphatic rings. The lowest BCUT2D eigenvalue weighted by Gasteiger charge is -2.27. The van der Waals surface area contributed by atoms with Gasteiger partial charge in [-0.05, 0) is 115 Å². The maximum Gasteiger partial charge on any atom is 0.472 e. The number of phosphoric ester groups is 1. The molecule has 0 heterocycles. The van der Waals surface area contributed by atoms with Crippen LogP contribution >= 0.6 is 7.82 Å². The molecule has 0 aliphatic heterocycles. The van der Waals surface area contributed by atoms with E-state index in [0.717, 1.165) is 116 Å². The summed E-state index contributed by atoms with van der Waals surface area (Å²) >= 11 is 0. The largest absolute Gasteiger partial charge is 0.472 e. The first-order chi connectivity index (χ1) is 42.4. The Morgan fingerprint density at radius 3 is 1.13 bits per heavy atom. The lowest BCUT2D eigenvalue weighted by molar-refractivity contribution is -0.870. The number of rotatable bonds is 65. The summed E-state index contributed by atoms with van der Waals surface area (Å²) in [6.45, 7) is 6.88. The van der Waals surface area contributed by atoms with E-state index in [1.54, 1.807) is 0 Å². The molecular formula is C77H138N2O7P+. The van der Waals surface area contributed by atoms with Gasteiger partial charge in [-0.25, -0.2) is 4.57 Å². The monoisotopic (exact) mass is 1230 g/mol. The van der Waals surface area contributed by atoms with Crippen LogP contribution in [0.2, 0.25) is 0 Å². The van der Waals surface area contributed by atoms with Gasteiger partial charge >= 0.3 is 13.8 Å². The van der Waals surface area contributed by atoms with E-state index in [1.807, 2.05) is 33.3 Å². The number of ether oxygens (including phenoxy) is 1. The zero-order chi connectivity index (χ0) is 63.5. The van der Waals surface area contributed by atoms with E-state index in [2.05, 4.69) is 123 Å². The molecule has 9 nitrogen and oxygen atoms in total. The Hall–Kier alpha value is -3.33. The molecule has 1 amide bonds. The van der Waals surface area contributed by atoms with E-state index < -0.39 is 20.0 Å². The van der Waals surface area contributed by atoms with Crippen molar-refractivity contribution >= 4 is 19.7 Å². The zero-order valence-corrected chi connectivity index (χ0v) is 58.4. The third-order valence-corrected chi connectivity index (χ3v) is 16.7. The van der Waals surface area contributed by atoms with Crippen molar-refractivity contribution in [3.63, 3.8) is 0 Å². The molecule has 3 atom stereocenters. The Labute approximate surface area is 538 Å². The van der Waals surface area contributed by atoms with Crippen LogP contribution in [-0.4, -0.2) is 74.3 Å². The number of carbonyl (C=O) groups excluding carboxylic acids is 2. The van der Waals surface area contributed by atoms with Crippen molar-refractivity contribution in [2.75, 3.05) is 40.9 Å². The number of esters is 1. The summed E-state index contributed by atoms with van der Waals surface area (Å²) in [5.74, 6) is -0.517. The maximum absolute atomic E-state index is 13.6. The fraction of sp³-hybridized carbons (Fsp3) is 0.740. The summed E-state index contributed by atoms with van der Waals surface area (Å²) in [7, 11) is 1.48. The van der Waals surface area contributed by atoms with Crippen LogP contribution in [0.25, 0.3) is 0 Å². The Morgan fingerprint density at radius 1 is 0.414 bits per heavy atom. The van der Waals surface area contributed by atoms with Crippen LogP contribution in [0.1, 0.15) is 316 Å². The number of phosphoric acid groups is 1. The first-order valence-corrected chi connectivity index (χ1v) is 37.7. The number of hydrogen-bond acceptors (Lipinski definition) is 6. The van der Waals surface area contributed by atoms with Gasteiger partial charge in [-0.1, -0.05) is 297 Å². The third kappa shape index (κ3) is 66.9. The summed E-state index contributed by atoms with van der Waals surface area (Å²) in [5.41, 5.74) is 0. The molecule has 502 valence electrons. The molecule has 0 saturated carbocycles. The number of nitrogens with one attached hydrogen (secondary N) is 1. The standard InChI is InChI=1S/C77H137N2O7P/c1-7-10-13-16-19-22-25-27-29-31-33-35-37-38-39-40-42-43-45-47-49-51-54-57-60-63-66-69-76(80)78-74(73-85-87(82,83)84-72-71-79(4,5)6)75(68-65-62-59-56-53-24-21-18-15-12-9-3)86-77(81)70-67-64-61-58-55-52-50-48-46-44-41-36-34-32-30-28-26-23-20-17-14-11-8-2/h11,14,19-20,22-23,27-30,33-36,44,46,65,68,74-75H,7-10,12-13,15-18,21,24-26,31-32,37-43,45,47-64,66-67,69-73H2,1-6H3,(H-,78,80,82,83)/p+1/b14-11-,22-19-,23-20-,29-27-,30-28-,35-33-,36-34-,46-44-,68-65-. The maximum atomic E-state index is 13.6. The van der Waals surface area contributed by atoms with Crippen LogP contribution in [0.15, 0.2) is 109 Å². The molecule has 0 aromatic heterocycles. The van der Waals surface area contributed by atoms with Gasteiger partial charge in [0.05, 0.1) is 33.8 Å². The van der Waals surface area contributed by atoms with Crippen molar-refractivity contribution in [2.45, 2.75) is 328 Å². The summed E-state index contributed by atoms with van der Waals surface area (Å²) in [4.78, 5) is 37.9. The highest BCUT2D eigenvalue weighted by Crippen LogP contribution is 2.43. The van der Waals surface area contributed by atoms with Gasteiger partial charge in [0.1, 0.15) is 19.3 Å². The molecular weight excluding hydrogens is 1100 g/mol. The van der Waals surface area contributed by atoms with Crippen molar-refractivity contribution in [3.8, 4) is 0 Å². The number of unbranched alkanes of at least 4 members (excludes halogenated alkanes) is 33. The topological polar surface area (TPSA) is 111 Å². The molecule has 0 radical (unpaired) electrons. The molecule has 0 fully saturated rings. The fourth-order valence-corrected chi connectivity index (χ4v) is 10.9. The molecule has 0 aromatic carbocycles. The van der Waals surface area contributed by atoms with Crippen LogP contribution in [-0.2, 0) is 27.9 Å². The second-order valence-corrected chi connectivity index (χ2v) is 26.8. The van der Waals surface area contributed by atoms with Gasteiger partial charge in [0.25, 0.3) is 0 Å². The Morgan fingerprint density at radius 2 is 0.736 bits per heavy atom. The van der Waals surface area contributed by atoms with Crippen molar-refractivity contribution in [2.24, 2.45) is 0 Å². The number of hydrogen-bond donors (Lipinski definition) is 2. The minimum atomic E-state index is -4.46. The van der Waals surface area contributed by atoms with Crippen molar-refractivity contribution in [3.05, 3.63) is 109 Å². The lowest BCUT2D eigenvalue weighted by atomic mass is 10.0. The molecule has 0 spiro atoms. The SMILES string of the molecule is CC/C=C\C/C=C\C/C=C\C/C=C\C/C=C\CCCCCCCCCC(=O)OC(/C=C\CCCCCCCCCCC)C(COP(=O)(O)OCC[N+](C)(C)C)NC(=O)CCCCCCCCCCCCCCCC/C=C\C/C=C\C/C=C\CCCCC. The summed E-state index contributed by atoms with van der Waals surface area (Å²) in [6, 6.07) is -0.860. The van der Waals surface area contributed by atoms with E-state index in [0.29, 0.717) is 17.4 Å². The molecule has 0 saturated heterocycles. The number of quaternary nitrogens is 1. The van der Waals surface area contributed by atoms with Gasteiger partial charge < -0.3 is 19.4 Å². The predicted octanol–water partition coefficient (Wildman–Crippen LogP) is 23.2.